The summed E-state index contributed by atoms with van der Waals surface area (Å²) < 4.78 is 13.4. The highest BCUT2D eigenvalue weighted by Gasteiger charge is 2.40. The van der Waals surface area contributed by atoms with Gasteiger partial charge in [-0.2, -0.15) is 0 Å². The van der Waals surface area contributed by atoms with Crippen molar-refractivity contribution < 1.29 is 14.0 Å². The van der Waals surface area contributed by atoms with Crippen LogP contribution in [0.25, 0.3) is 0 Å². The van der Waals surface area contributed by atoms with Gasteiger partial charge in [-0.1, -0.05) is 54.1 Å². The van der Waals surface area contributed by atoms with Gasteiger partial charge in [0.05, 0.1) is 0 Å². The lowest BCUT2D eigenvalue weighted by Gasteiger charge is -2.37. The van der Waals surface area contributed by atoms with Gasteiger partial charge in [0.1, 0.15) is 5.82 Å². The Kier molecular flexibility index (Phi) is 6.27. The zero-order chi connectivity index (χ0) is 24.5. The molecule has 0 spiro atoms. The van der Waals surface area contributed by atoms with Gasteiger partial charge in [-0.15, -0.1) is 0 Å². The van der Waals surface area contributed by atoms with E-state index >= 15 is 0 Å². The van der Waals surface area contributed by atoms with Crippen LogP contribution in [-0.2, 0) is 9.59 Å². The van der Waals surface area contributed by atoms with E-state index in [4.69, 9.17) is 11.6 Å². The van der Waals surface area contributed by atoms with Crippen LogP contribution in [0, 0.1) is 5.82 Å². The van der Waals surface area contributed by atoms with Crippen molar-refractivity contribution in [1.29, 1.82) is 0 Å². The average molecular weight is 487 g/mol. The predicted octanol–water partition coefficient (Wildman–Crippen LogP) is 6.48. The van der Waals surface area contributed by atoms with E-state index in [1.165, 1.54) is 24.3 Å². The van der Waals surface area contributed by atoms with E-state index in [1.54, 1.807) is 12.1 Å². The number of rotatable bonds is 4. The van der Waals surface area contributed by atoms with Crippen molar-refractivity contribution in [2.75, 3.05) is 5.32 Å². The summed E-state index contributed by atoms with van der Waals surface area (Å²) in [5.41, 5.74) is 5.04. The molecule has 3 aromatic rings. The van der Waals surface area contributed by atoms with Gasteiger partial charge in [-0.25, -0.2) is 4.39 Å². The predicted molar refractivity (Wildman–Crippen MR) is 136 cm³/mol. The number of amides is 1. The molecule has 0 saturated heterocycles. The summed E-state index contributed by atoms with van der Waals surface area (Å²) in [5.74, 6) is -1.16. The summed E-state index contributed by atoms with van der Waals surface area (Å²) in [4.78, 5) is 27.1. The second-order valence-corrected chi connectivity index (χ2v) is 9.38. The summed E-state index contributed by atoms with van der Waals surface area (Å²) >= 11 is 6.14. The smallest absolute Gasteiger partial charge is 0.254 e. The lowest BCUT2D eigenvalue weighted by Crippen LogP contribution is -2.37. The zero-order valence-electron chi connectivity index (χ0n) is 19.1. The molecule has 2 aliphatic rings. The summed E-state index contributed by atoms with van der Waals surface area (Å²) in [6, 6.07) is 22.9. The Morgan fingerprint density at radius 1 is 0.943 bits per heavy atom. The number of ketones is 1. The van der Waals surface area contributed by atoms with Gasteiger partial charge in [0.2, 0.25) is 0 Å². The molecule has 1 amide bonds. The van der Waals surface area contributed by atoms with Crippen molar-refractivity contribution in [3.8, 4) is 0 Å². The molecule has 2 N–H and O–H groups in total. The molecular formula is C29H24ClFN2O2. The largest absolute Gasteiger partial charge is 0.362 e. The maximum absolute atomic E-state index is 13.6. The Bertz CT molecular complexity index is 1350. The molecule has 0 radical (unpaired) electrons. The second kappa shape index (κ2) is 9.51. The molecule has 0 aromatic heterocycles. The maximum atomic E-state index is 13.6. The fourth-order valence-corrected chi connectivity index (χ4v) is 5.15. The van der Waals surface area contributed by atoms with Crippen molar-refractivity contribution in [3.05, 3.63) is 123 Å². The van der Waals surface area contributed by atoms with Crippen LogP contribution in [0.4, 0.5) is 10.1 Å². The Morgan fingerprint density at radius 3 is 2.31 bits per heavy atom. The Morgan fingerprint density at radius 2 is 1.63 bits per heavy atom. The highest BCUT2D eigenvalue weighted by atomic mass is 35.5. The van der Waals surface area contributed by atoms with Crippen LogP contribution in [0.3, 0.4) is 0 Å². The van der Waals surface area contributed by atoms with Gasteiger partial charge >= 0.3 is 0 Å². The topological polar surface area (TPSA) is 58.2 Å². The van der Waals surface area contributed by atoms with E-state index in [9.17, 15) is 14.0 Å². The Balaban J connectivity index is 1.55. The average Bonchev–Trinajstić information content (AvgIpc) is 2.85. The minimum atomic E-state index is -0.534. The lowest BCUT2D eigenvalue weighted by molar-refractivity contribution is -0.116. The molecule has 5 rings (SSSR count). The highest BCUT2D eigenvalue weighted by molar-refractivity contribution is 6.30. The van der Waals surface area contributed by atoms with Crippen LogP contribution in [0.5, 0.6) is 0 Å². The zero-order valence-corrected chi connectivity index (χ0v) is 19.9. The minimum absolute atomic E-state index is 0.0205. The van der Waals surface area contributed by atoms with Gasteiger partial charge in [0.15, 0.2) is 5.78 Å². The van der Waals surface area contributed by atoms with E-state index in [-0.39, 0.29) is 23.4 Å². The quantitative estimate of drug-likeness (QED) is 0.443. The lowest BCUT2D eigenvalue weighted by atomic mass is 9.71. The molecule has 1 aliphatic carbocycles. The third kappa shape index (κ3) is 4.64. The molecule has 176 valence electrons. The van der Waals surface area contributed by atoms with Crippen molar-refractivity contribution in [2.45, 2.75) is 31.6 Å². The normalized spacial score (nSPS) is 19.8. The number of halogens is 2. The van der Waals surface area contributed by atoms with Gasteiger partial charge in [-0.05, 0) is 66.8 Å². The first-order valence-electron chi connectivity index (χ1n) is 11.5. The molecular weight excluding hydrogens is 463 g/mol. The first-order chi connectivity index (χ1) is 16.9. The van der Waals surface area contributed by atoms with E-state index in [1.807, 2.05) is 49.4 Å². The molecule has 0 saturated carbocycles. The number of hydrogen-bond acceptors (Lipinski definition) is 3. The number of benzene rings is 3. The van der Waals surface area contributed by atoms with Crippen LogP contribution >= 0.6 is 11.6 Å². The summed E-state index contributed by atoms with van der Waals surface area (Å²) in [7, 11) is 0. The standard InChI is InChI=1S/C29H24ClFN2O2/c1-17-26(29(35)33-23-13-11-22(31)12-14-23)27(19-7-9-21(30)10-8-19)28-24(32-17)15-20(16-25(28)34)18-5-3-2-4-6-18/h2-14,20,27,32H,15-16H2,1H3,(H,33,35)/t20-,27+/m1/s1. The molecule has 0 fully saturated rings. The summed E-state index contributed by atoms with van der Waals surface area (Å²) in [6.07, 6.45) is 1.06. The minimum Gasteiger partial charge on any atom is -0.362 e. The molecule has 35 heavy (non-hydrogen) atoms. The number of dihydropyridines is 1. The van der Waals surface area contributed by atoms with Crippen molar-refractivity contribution in [1.82, 2.24) is 5.32 Å². The Hall–Kier alpha value is -3.70. The van der Waals surface area contributed by atoms with E-state index in [0.29, 0.717) is 40.4 Å². The molecule has 1 aliphatic heterocycles. The fourth-order valence-electron chi connectivity index (χ4n) is 5.02. The van der Waals surface area contributed by atoms with Crippen LogP contribution in [0.2, 0.25) is 5.02 Å². The number of carbonyl (C=O) groups excluding carboxylic acids is 2. The Labute approximate surface area is 208 Å². The number of Topliss-reactive ketones (excluding diaryl/α,β-unsaturated/α-hetero) is 1. The number of allylic oxidation sites excluding steroid dienone is 3. The number of hydrogen-bond donors (Lipinski definition) is 2. The molecule has 0 bridgehead atoms. The van der Waals surface area contributed by atoms with Gasteiger partial charge < -0.3 is 10.6 Å². The van der Waals surface area contributed by atoms with Crippen LogP contribution < -0.4 is 10.6 Å². The van der Waals surface area contributed by atoms with Gasteiger partial charge in [0, 0.05) is 45.6 Å². The SMILES string of the molecule is CC1=C(C(=O)Nc2ccc(F)cc2)[C@H](c2ccc(Cl)cc2)C2=C(C[C@@H](c3ccccc3)CC2=O)N1. The second-order valence-electron chi connectivity index (χ2n) is 8.94. The van der Waals surface area contributed by atoms with E-state index in [2.05, 4.69) is 10.6 Å². The number of nitrogens with one attached hydrogen (secondary N) is 2. The molecule has 6 heteroatoms. The monoisotopic (exact) mass is 486 g/mol. The first-order valence-corrected chi connectivity index (χ1v) is 11.9. The molecule has 1 heterocycles. The molecule has 0 unspecified atom stereocenters. The van der Waals surface area contributed by atoms with Crippen LogP contribution in [0.15, 0.2) is 101 Å². The highest BCUT2D eigenvalue weighted by Crippen LogP contribution is 2.45. The maximum Gasteiger partial charge on any atom is 0.254 e. The van der Waals surface area contributed by atoms with Crippen molar-refractivity contribution in [2.24, 2.45) is 0 Å². The van der Waals surface area contributed by atoms with E-state index in [0.717, 1.165) is 16.8 Å². The van der Waals surface area contributed by atoms with Crippen molar-refractivity contribution in [3.63, 3.8) is 0 Å². The first kappa shape index (κ1) is 23.1. The van der Waals surface area contributed by atoms with Gasteiger partial charge in [0.25, 0.3) is 5.91 Å². The summed E-state index contributed by atoms with van der Waals surface area (Å²) in [5, 5.41) is 6.82. The van der Waals surface area contributed by atoms with Crippen LogP contribution in [-0.4, -0.2) is 11.7 Å². The van der Waals surface area contributed by atoms with Gasteiger partial charge in [-0.3, -0.25) is 9.59 Å². The third-order valence-corrected chi connectivity index (χ3v) is 6.90. The third-order valence-electron chi connectivity index (χ3n) is 6.65. The van der Waals surface area contributed by atoms with Crippen molar-refractivity contribution >= 4 is 29.0 Å². The summed E-state index contributed by atoms with van der Waals surface area (Å²) in [6.45, 7) is 1.85. The van der Waals surface area contributed by atoms with E-state index < -0.39 is 5.92 Å². The number of anilines is 1. The van der Waals surface area contributed by atoms with Crippen LogP contribution in [0.1, 0.15) is 42.7 Å². The molecule has 2 atom stereocenters. The molecule has 3 aromatic carbocycles. The number of carbonyl (C=O) groups is 2. The fraction of sp³-hybridized carbons (Fsp3) is 0.172. The molecule has 4 nitrogen and oxygen atoms in total.